The van der Waals surface area contributed by atoms with Crippen LogP contribution >= 0.6 is 0 Å². The van der Waals surface area contributed by atoms with Gasteiger partial charge < -0.3 is 9.84 Å². The first kappa shape index (κ1) is 16.4. The highest BCUT2D eigenvalue weighted by molar-refractivity contribution is 5.10. The molecule has 0 bridgehead atoms. The zero-order valence-corrected chi connectivity index (χ0v) is 15.6. The van der Waals surface area contributed by atoms with Gasteiger partial charge in [-0.3, -0.25) is 0 Å². The van der Waals surface area contributed by atoms with Gasteiger partial charge in [-0.05, 0) is 99.2 Å². The van der Waals surface area contributed by atoms with Crippen molar-refractivity contribution < 1.29 is 9.84 Å². The quantitative estimate of drug-likeness (QED) is 0.752. The van der Waals surface area contributed by atoms with Crippen molar-refractivity contribution in [2.45, 2.75) is 90.3 Å². The fourth-order valence-corrected chi connectivity index (χ4v) is 7.77. The summed E-state index contributed by atoms with van der Waals surface area (Å²) in [5, 5.41) is 10.6. The molecule has 4 aliphatic carbocycles. The molecule has 0 aliphatic heterocycles. The van der Waals surface area contributed by atoms with Gasteiger partial charge >= 0.3 is 0 Å². The van der Waals surface area contributed by atoms with Gasteiger partial charge in [-0.2, -0.15) is 0 Å². The van der Waals surface area contributed by atoms with Gasteiger partial charge in [-0.25, -0.2) is 0 Å². The second-order valence-electron chi connectivity index (χ2n) is 10.2. The third kappa shape index (κ3) is 2.27. The molecule has 0 radical (unpaired) electrons. The molecule has 0 aromatic heterocycles. The van der Waals surface area contributed by atoms with Gasteiger partial charge in [0.15, 0.2) is 0 Å². The van der Waals surface area contributed by atoms with Crippen molar-refractivity contribution in [1.29, 1.82) is 0 Å². The molecule has 1 N–H and O–H groups in total. The van der Waals surface area contributed by atoms with Crippen LogP contribution < -0.4 is 0 Å². The van der Waals surface area contributed by atoms with E-state index in [1.54, 1.807) is 0 Å². The van der Waals surface area contributed by atoms with Crippen LogP contribution in [0.15, 0.2) is 0 Å². The molecule has 0 aromatic carbocycles. The highest BCUT2D eigenvalue weighted by atomic mass is 16.5. The van der Waals surface area contributed by atoms with Gasteiger partial charge in [-0.15, -0.1) is 0 Å². The van der Waals surface area contributed by atoms with Gasteiger partial charge in [0.25, 0.3) is 0 Å². The molecular weight excluding hydrogens is 284 g/mol. The largest absolute Gasteiger partial charge is 0.390 e. The maximum absolute atomic E-state index is 10.6. The van der Waals surface area contributed by atoms with Crippen LogP contribution in [-0.4, -0.2) is 23.9 Å². The minimum atomic E-state index is -0.408. The molecule has 8 atom stereocenters. The van der Waals surface area contributed by atoms with E-state index in [9.17, 15) is 5.11 Å². The summed E-state index contributed by atoms with van der Waals surface area (Å²) in [4.78, 5) is 0. The lowest BCUT2D eigenvalue weighted by atomic mass is 9.44. The Kier molecular flexibility index (Phi) is 3.71. The second-order valence-corrected chi connectivity index (χ2v) is 10.2. The summed E-state index contributed by atoms with van der Waals surface area (Å²) in [7, 11) is 1.92. The molecule has 4 aliphatic rings. The Labute approximate surface area is 142 Å². The van der Waals surface area contributed by atoms with Crippen LogP contribution in [0, 0.1) is 34.5 Å². The van der Waals surface area contributed by atoms with Crippen LogP contribution in [0.3, 0.4) is 0 Å². The van der Waals surface area contributed by atoms with Crippen LogP contribution in [-0.2, 0) is 4.74 Å². The fraction of sp³-hybridized carbons (Fsp3) is 1.00. The molecule has 0 amide bonds. The number of aliphatic hydroxyl groups is 1. The predicted octanol–water partition coefficient (Wildman–Crippen LogP) is 4.80. The number of hydrogen-bond acceptors (Lipinski definition) is 2. The minimum absolute atomic E-state index is 0.408. The number of fused-ring (bicyclic) bond motifs is 5. The summed E-state index contributed by atoms with van der Waals surface area (Å²) in [5.41, 5.74) is 0.506. The normalized spacial score (nSPS) is 59.1. The molecule has 2 nitrogen and oxygen atoms in total. The Hall–Kier alpha value is -0.0800. The van der Waals surface area contributed by atoms with Crippen LogP contribution in [0.25, 0.3) is 0 Å². The third-order valence-corrected chi connectivity index (χ3v) is 9.15. The summed E-state index contributed by atoms with van der Waals surface area (Å²) in [6, 6.07) is 0. The van der Waals surface area contributed by atoms with Crippen molar-refractivity contribution in [2.75, 3.05) is 7.11 Å². The number of methoxy groups -OCH3 is 1. The molecule has 1 unspecified atom stereocenters. The Morgan fingerprint density at radius 2 is 1.57 bits per heavy atom. The van der Waals surface area contributed by atoms with E-state index in [1.165, 1.54) is 44.9 Å². The zero-order chi connectivity index (χ0) is 16.5. The van der Waals surface area contributed by atoms with Crippen LogP contribution in [0.4, 0.5) is 0 Å². The van der Waals surface area contributed by atoms with E-state index in [0.717, 1.165) is 36.5 Å². The van der Waals surface area contributed by atoms with E-state index in [0.29, 0.717) is 16.9 Å². The van der Waals surface area contributed by atoms with E-state index in [4.69, 9.17) is 4.74 Å². The van der Waals surface area contributed by atoms with Gasteiger partial charge in [0.1, 0.15) is 0 Å². The lowest BCUT2D eigenvalue weighted by Crippen LogP contribution is -2.55. The Balaban J connectivity index is 1.60. The number of hydrogen-bond donors (Lipinski definition) is 1. The molecular formula is C21H36O2. The van der Waals surface area contributed by atoms with Crippen molar-refractivity contribution in [3.05, 3.63) is 0 Å². The summed E-state index contributed by atoms with van der Waals surface area (Å²) in [6.07, 6.45) is 11.9. The van der Waals surface area contributed by atoms with Crippen LogP contribution in [0.1, 0.15) is 78.6 Å². The van der Waals surface area contributed by atoms with Gasteiger partial charge in [-0.1, -0.05) is 13.8 Å². The molecule has 2 heteroatoms. The van der Waals surface area contributed by atoms with E-state index in [-0.39, 0.29) is 0 Å². The van der Waals surface area contributed by atoms with Crippen molar-refractivity contribution in [3.8, 4) is 0 Å². The number of ether oxygens (including phenoxy) is 1. The summed E-state index contributed by atoms with van der Waals surface area (Å²) < 4.78 is 5.89. The van der Waals surface area contributed by atoms with Crippen molar-refractivity contribution in [1.82, 2.24) is 0 Å². The molecule has 4 saturated carbocycles. The predicted molar refractivity (Wildman–Crippen MR) is 93.1 cm³/mol. The van der Waals surface area contributed by atoms with Crippen LogP contribution in [0.5, 0.6) is 0 Å². The standard InChI is InChI=1S/C21H36O2/c1-19(22)11-12-20(2)14(13-19)5-6-15-16-7-8-18(23-4)21(16,3)10-9-17(15)20/h14-18,22H,5-13H2,1-4H3/t14-,15-,16-,17-,18?,19+,20-,21-/m0/s1. The summed E-state index contributed by atoms with van der Waals surface area (Å²) in [6.45, 7) is 7.17. The Bertz CT molecular complexity index is 472. The van der Waals surface area contributed by atoms with E-state index in [1.807, 2.05) is 7.11 Å². The average molecular weight is 321 g/mol. The SMILES string of the molecule is COC1CC[C@H]2[C@@H]3CC[C@H]4C[C@](C)(O)CC[C@]4(C)[C@H]3CC[C@]12C. The molecule has 132 valence electrons. The Morgan fingerprint density at radius 1 is 0.826 bits per heavy atom. The molecule has 23 heavy (non-hydrogen) atoms. The van der Waals surface area contributed by atoms with E-state index in [2.05, 4.69) is 20.8 Å². The fourth-order valence-electron chi connectivity index (χ4n) is 7.77. The monoisotopic (exact) mass is 320 g/mol. The first-order valence-corrected chi connectivity index (χ1v) is 10.1. The first-order chi connectivity index (χ1) is 10.8. The van der Waals surface area contributed by atoms with Gasteiger partial charge in [0, 0.05) is 7.11 Å². The van der Waals surface area contributed by atoms with Crippen molar-refractivity contribution >= 4 is 0 Å². The highest BCUT2D eigenvalue weighted by Gasteiger charge is 2.61. The third-order valence-electron chi connectivity index (χ3n) is 9.15. The molecule has 0 saturated heterocycles. The molecule has 0 aromatic rings. The zero-order valence-electron chi connectivity index (χ0n) is 15.6. The maximum Gasteiger partial charge on any atom is 0.0627 e. The molecule has 4 rings (SSSR count). The smallest absolute Gasteiger partial charge is 0.0627 e. The summed E-state index contributed by atoms with van der Waals surface area (Å²) >= 11 is 0. The molecule has 0 spiro atoms. The van der Waals surface area contributed by atoms with E-state index >= 15 is 0 Å². The lowest BCUT2D eigenvalue weighted by Gasteiger charge is -2.61. The van der Waals surface area contributed by atoms with Crippen LogP contribution in [0.2, 0.25) is 0 Å². The Morgan fingerprint density at radius 3 is 2.30 bits per heavy atom. The minimum Gasteiger partial charge on any atom is -0.390 e. The topological polar surface area (TPSA) is 29.5 Å². The number of rotatable bonds is 1. The van der Waals surface area contributed by atoms with Gasteiger partial charge in [0.2, 0.25) is 0 Å². The average Bonchev–Trinajstić information content (AvgIpc) is 2.84. The summed E-state index contributed by atoms with van der Waals surface area (Å²) in [5.74, 6) is 3.44. The first-order valence-electron chi connectivity index (χ1n) is 10.1. The molecule has 4 fully saturated rings. The van der Waals surface area contributed by atoms with Gasteiger partial charge in [0.05, 0.1) is 11.7 Å². The van der Waals surface area contributed by atoms with Crippen molar-refractivity contribution in [2.24, 2.45) is 34.5 Å². The van der Waals surface area contributed by atoms with Crippen molar-refractivity contribution in [3.63, 3.8) is 0 Å². The lowest BCUT2D eigenvalue weighted by molar-refractivity contribution is -0.153. The maximum atomic E-state index is 10.6. The van der Waals surface area contributed by atoms with E-state index < -0.39 is 5.60 Å². The highest BCUT2D eigenvalue weighted by Crippen LogP contribution is 2.67. The second kappa shape index (κ2) is 5.21. The molecule has 0 heterocycles.